The van der Waals surface area contributed by atoms with E-state index in [1.54, 1.807) is 17.0 Å². The number of aryl methyl sites for hydroxylation is 1. The fourth-order valence-corrected chi connectivity index (χ4v) is 2.37. The number of hydrogen-bond acceptors (Lipinski definition) is 2. The van der Waals surface area contributed by atoms with Crippen LogP contribution in [0.5, 0.6) is 0 Å². The van der Waals surface area contributed by atoms with Crippen LogP contribution >= 0.6 is 0 Å². The van der Waals surface area contributed by atoms with Crippen molar-refractivity contribution in [2.45, 2.75) is 45.7 Å². The first-order chi connectivity index (χ1) is 8.72. The van der Waals surface area contributed by atoms with Crippen molar-refractivity contribution in [3.05, 3.63) is 22.9 Å². The Hall–Kier alpha value is -1.52. The number of likely N-dealkylation sites (tertiary alicyclic amines) is 1. The maximum absolute atomic E-state index is 12.0. The summed E-state index contributed by atoms with van der Waals surface area (Å²) in [6.45, 7) is 4.59. The van der Waals surface area contributed by atoms with Gasteiger partial charge in [0.1, 0.15) is 6.54 Å². The zero-order valence-corrected chi connectivity index (χ0v) is 11.0. The van der Waals surface area contributed by atoms with Crippen LogP contribution in [0, 0.1) is 0 Å². The van der Waals surface area contributed by atoms with Crippen molar-refractivity contribution in [3.63, 3.8) is 0 Å². The van der Waals surface area contributed by atoms with Crippen LogP contribution in [-0.2, 0) is 17.9 Å². The average molecular weight is 251 g/mol. The first kappa shape index (κ1) is 12.9. The summed E-state index contributed by atoms with van der Waals surface area (Å²) in [5.74, 6) is 0.0612. The van der Waals surface area contributed by atoms with E-state index in [9.17, 15) is 9.59 Å². The van der Waals surface area contributed by atoms with Gasteiger partial charge >= 0.3 is 5.69 Å². The molecule has 1 aliphatic rings. The van der Waals surface area contributed by atoms with Gasteiger partial charge < -0.3 is 4.90 Å². The van der Waals surface area contributed by atoms with Gasteiger partial charge in [0.05, 0.1) is 0 Å². The normalized spacial score (nSPS) is 15.9. The summed E-state index contributed by atoms with van der Waals surface area (Å²) in [7, 11) is 0. The lowest BCUT2D eigenvalue weighted by Gasteiger charge is -2.26. The zero-order valence-electron chi connectivity index (χ0n) is 11.0. The van der Waals surface area contributed by atoms with Crippen LogP contribution in [-0.4, -0.2) is 33.0 Å². The van der Waals surface area contributed by atoms with Crippen LogP contribution in [0.1, 0.15) is 32.6 Å². The molecule has 0 unspecified atom stereocenters. The molecule has 0 aliphatic carbocycles. The Bertz CT molecular complexity index is 455. The molecular weight excluding hydrogens is 230 g/mol. The summed E-state index contributed by atoms with van der Waals surface area (Å²) in [6, 6.07) is 0. The highest BCUT2D eigenvalue weighted by Gasteiger charge is 2.17. The van der Waals surface area contributed by atoms with Gasteiger partial charge in [0.2, 0.25) is 5.91 Å². The van der Waals surface area contributed by atoms with Crippen LogP contribution in [0.15, 0.2) is 17.2 Å². The van der Waals surface area contributed by atoms with E-state index in [0.29, 0.717) is 6.54 Å². The van der Waals surface area contributed by atoms with Gasteiger partial charge in [-0.15, -0.1) is 0 Å². The fourth-order valence-electron chi connectivity index (χ4n) is 2.37. The molecule has 1 amide bonds. The second kappa shape index (κ2) is 5.89. The molecular formula is C13H21N3O2. The lowest BCUT2D eigenvalue weighted by Crippen LogP contribution is -2.39. The monoisotopic (exact) mass is 251 g/mol. The number of nitrogens with zero attached hydrogens (tertiary/aromatic N) is 3. The van der Waals surface area contributed by atoms with Crippen LogP contribution in [0.25, 0.3) is 0 Å². The standard InChI is InChI=1S/C13H21N3O2/c1-2-6-15-9-10-16(13(15)18)11-12(17)14-7-4-3-5-8-14/h9-10H,2-8,11H2,1H3. The summed E-state index contributed by atoms with van der Waals surface area (Å²) in [4.78, 5) is 25.8. The molecule has 1 aromatic rings. The van der Waals surface area contributed by atoms with Crippen LogP contribution in [0.4, 0.5) is 0 Å². The molecule has 1 saturated heterocycles. The van der Waals surface area contributed by atoms with Gasteiger partial charge in [-0.2, -0.15) is 0 Å². The van der Waals surface area contributed by atoms with Crippen LogP contribution < -0.4 is 5.69 Å². The molecule has 0 N–H and O–H groups in total. The van der Waals surface area contributed by atoms with Crippen molar-refractivity contribution >= 4 is 5.91 Å². The molecule has 5 heteroatoms. The van der Waals surface area contributed by atoms with E-state index < -0.39 is 0 Å². The third-order valence-corrected chi connectivity index (χ3v) is 3.40. The highest BCUT2D eigenvalue weighted by molar-refractivity contribution is 5.76. The molecule has 18 heavy (non-hydrogen) atoms. The number of aromatic nitrogens is 2. The number of carbonyl (C=O) groups excluding carboxylic acids is 1. The first-order valence-corrected chi connectivity index (χ1v) is 6.75. The van der Waals surface area contributed by atoms with E-state index in [4.69, 9.17) is 0 Å². The minimum absolute atomic E-state index is 0.0612. The maximum atomic E-state index is 12.0. The first-order valence-electron chi connectivity index (χ1n) is 6.75. The molecule has 1 aliphatic heterocycles. The van der Waals surface area contributed by atoms with E-state index in [0.717, 1.165) is 32.4 Å². The molecule has 2 rings (SSSR count). The molecule has 1 fully saturated rings. The second-order valence-electron chi connectivity index (χ2n) is 4.84. The van der Waals surface area contributed by atoms with Crippen molar-refractivity contribution < 1.29 is 4.79 Å². The topological polar surface area (TPSA) is 47.2 Å². The van der Waals surface area contributed by atoms with E-state index in [1.807, 2.05) is 11.8 Å². The molecule has 5 nitrogen and oxygen atoms in total. The van der Waals surface area contributed by atoms with Crippen molar-refractivity contribution in [3.8, 4) is 0 Å². The summed E-state index contributed by atoms with van der Waals surface area (Å²) < 4.78 is 3.16. The predicted molar refractivity (Wildman–Crippen MR) is 69.4 cm³/mol. The summed E-state index contributed by atoms with van der Waals surface area (Å²) in [5, 5.41) is 0. The fraction of sp³-hybridized carbons (Fsp3) is 0.692. The molecule has 0 atom stereocenters. The molecule has 0 radical (unpaired) electrons. The van der Waals surface area contributed by atoms with Gasteiger partial charge in [-0.3, -0.25) is 13.9 Å². The van der Waals surface area contributed by atoms with Gasteiger partial charge in [0.25, 0.3) is 0 Å². The molecule has 0 bridgehead atoms. The zero-order chi connectivity index (χ0) is 13.0. The molecule has 1 aromatic heterocycles. The van der Waals surface area contributed by atoms with Gasteiger partial charge in [-0.25, -0.2) is 4.79 Å². The summed E-state index contributed by atoms with van der Waals surface area (Å²) in [5.41, 5.74) is -0.0813. The summed E-state index contributed by atoms with van der Waals surface area (Å²) in [6.07, 6.45) is 7.75. The smallest absolute Gasteiger partial charge is 0.328 e. The maximum Gasteiger partial charge on any atom is 0.328 e. The Balaban J connectivity index is 2.00. The minimum Gasteiger partial charge on any atom is -0.341 e. The highest BCUT2D eigenvalue weighted by atomic mass is 16.2. The largest absolute Gasteiger partial charge is 0.341 e. The van der Waals surface area contributed by atoms with Gasteiger partial charge in [0.15, 0.2) is 0 Å². The summed E-state index contributed by atoms with van der Waals surface area (Å²) >= 11 is 0. The van der Waals surface area contributed by atoms with Gasteiger partial charge in [-0.05, 0) is 25.7 Å². The Labute approximate surface area is 107 Å². The third-order valence-electron chi connectivity index (χ3n) is 3.40. The van der Waals surface area contributed by atoms with Crippen molar-refractivity contribution in [1.82, 2.24) is 14.0 Å². The number of carbonyl (C=O) groups is 1. The minimum atomic E-state index is -0.0813. The lowest BCUT2D eigenvalue weighted by molar-refractivity contribution is -0.132. The van der Waals surface area contributed by atoms with E-state index in [2.05, 4.69) is 0 Å². The number of rotatable bonds is 4. The molecule has 0 aromatic carbocycles. The average Bonchev–Trinajstić information content (AvgIpc) is 2.73. The van der Waals surface area contributed by atoms with Crippen molar-refractivity contribution in [1.29, 1.82) is 0 Å². The SMILES string of the molecule is CCCn1ccn(CC(=O)N2CCCCC2)c1=O. The molecule has 100 valence electrons. The Morgan fingerprint density at radius 3 is 2.50 bits per heavy atom. The van der Waals surface area contributed by atoms with E-state index in [-0.39, 0.29) is 18.1 Å². The Morgan fingerprint density at radius 1 is 1.17 bits per heavy atom. The predicted octanol–water partition coefficient (Wildman–Crippen LogP) is 1.07. The molecule has 0 saturated carbocycles. The Morgan fingerprint density at radius 2 is 1.83 bits per heavy atom. The van der Waals surface area contributed by atoms with Gasteiger partial charge in [0, 0.05) is 32.0 Å². The Kier molecular flexibility index (Phi) is 4.23. The lowest BCUT2D eigenvalue weighted by atomic mass is 10.1. The third kappa shape index (κ3) is 2.83. The van der Waals surface area contributed by atoms with Gasteiger partial charge in [-0.1, -0.05) is 6.92 Å². The van der Waals surface area contributed by atoms with Crippen molar-refractivity contribution in [2.75, 3.05) is 13.1 Å². The van der Waals surface area contributed by atoms with E-state index >= 15 is 0 Å². The second-order valence-corrected chi connectivity index (χ2v) is 4.84. The number of amides is 1. The number of hydrogen-bond donors (Lipinski definition) is 0. The quantitative estimate of drug-likeness (QED) is 0.803. The van der Waals surface area contributed by atoms with Crippen molar-refractivity contribution in [2.24, 2.45) is 0 Å². The number of imidazole rings is 1. The number of piperidine rings is 1. The molecule has 2 heterocycles. The molecule has 0 spiro atoms. The van der Waals surface area contributed by atoms with Crippen LogP contribution in [0.2, 0.25) is 0 Å². The van der Waals surface area contributed by atoms with Crippen LogP contribution in [0.3, 0.4) is 0 Å². The highest BCUT2D eigenvalue weighted by Crippen LogP contribution is 2.09. The van der Waals surface area contributed by atoms with E-state index in [1.165, 1.54) is 11.0 Å².